The third-order valence-electron chi connectivity index (χ3n) is 3.96. The molecule has 2 atom stereocenters. The van der Waals surface area contributed by atoms with E-state index in [0.717, 1.165) is 35.7 Å². The van der Waals surface area contributed by atoms with Crippen LogP contribution in [-0.2, 0) is 16.6 Å². The normalized spacial score (nSPS) is 23.8. The molecule has 0 spiro atoms. The maximum Gasteiger partial charge on any atom is 0.244 e. The van der Waals surface area contributed by atoms with Gasteiger partial charge in [0.05, 0.1) is 4.90 Å². The summed E-state index contributed by atoms with van der Waals surface area (Å²) in [5, 5.41) is 3.33. The molecule has 2 unspecified atom stereocenters. The number of nitrogens with zero attached hydrogens (tertiary/aromatic N) is 1. The molecular formula is C15H26N2O2S2. The highest BCUT2D eigenvalue weighted by atomic mass is 32.2. The van der Waals surface area contributed by atoms with Crippen LogP contribution >= 0.6 is 11.3 Å². The first-order valence-corrected chi connectivity index (χ1v) is 9.93. The zero-order valence-electron chi connectivity index (χ0n) is 13.3. The van der Waals surface area contributed by atoms with Gasteiger partial charge in [0.25, 0.3) is 0 Å². The van der Waals surface area contributed by atoms with Gasteiger partial charge in [0.1, 0.15) is 0 Å². The number of sulfonamides is 1. The Kier molecular flexibility index (Phi) is 5.46. The number of hydrogen-bond acceptors (Lipinski definition) is 4. The van der Waals surface area contributed by atoms with Crippen LogP contribution in [0.15, 0.2) is 11.0 Å². The fourth-order valence-corrected chi connectivity index (χ4v) is 6.32. The lowest BCUT2D eigenvalue weighted by Crippen LogP contribution is -2.34. The van der Waals surface area contributed by atoms with Gasteiger partial charge in [0.15, 0.2) is 0 Å². The first kappa shape index (κ1) is 16.9. The van der Waals surface area contributed by atoms with E-state index in [1.165, 1.54) is 0 Å². The van der Waals surface area contributed by atoms with Gasteiger partial charge in [-0.25, -0.2) is 8.42 Å². The van der Waals surface area contributed by atoms with E-state index in [4.69, 9.17) is 0 Å². The van der Waals surface area contributed by atoms with Crippen LogP contribution in [0, 0.1) is 12.8 Å². The monoisotopic (exact) mass is 330 g/mol. The van der Waals surface area contributed by atoms with E-state index in [1.54, 1.807) is 15.6 Å². The van der Waals surface area contributed by atoms with Gasteiger partial charge in [0, 0.05) is 28.9 Å². The minimum Gasteiger partial charge on any atom is -0.312 e. The van der Waals surface area contributed by atoms with Crippen molar-refractivity contribution in [1.82, 2.24) is 9.62 Å². The molecule has 0 radical (unpaired) electrons. The van der Waals surface area contributed by atoms with Crippen molar-refractivity contribution in [3.63, 3.8) is 0 Å². The van der Waals surface area contributed by atoms with Crippen LogP contribution in [0.2, 0.25) is 0 Å². The highest BCUT2D eigenvalue weighted by Crippen LogP contribution is 2.33. The molecular weight excluding hydrogens is 304 g/mol. The molecule has 0 aliphatic carbocycles. The molecule has 0 saturated carbocycles. The second-order valence-corrected chi connectivity index (χ2v) is 9.27. The van der Waals surface area contributed by atoms with E-state index in [9.17, 15) is 8.42 Å². The molecule has 0 aromatic carbocycles. The van der Waals surface area contributed by atoms with Crippen LogP contribution in [0.4, 0.5) is 0 Å². The second kappa shape index (κ2) is 6.77. The zero-order valence-corrected chi connectivity index (χ0v) is 15.0. The zero-order chi connectivity index (χ0) is 15.6. The summed E-state index contributed by atoms with van der Waals surface area (Å²) in [6.45, 7) is 10.5. The third-order valence-corrected chi connectivity index (χ3v) is 7.25. The van der Waals surface area contributed by atoms with Gasteiger partial charge in [-0.15, -0.1) is 11.3 Å². The summed E-state index contributed by atoms with van der Waals surface area (Å²) in [5.74, 6) is 0.444. The topological polar surface area (TPSA) is 49.4 Å². The summed E-state index contributed by atoms with van der Waals surface area (Å²) in [7, 11) is -3.35. The van der Waals surface area contributed by atoms with Crippen molar-refractivity contribution in [2.75, 3.05) is 13.1 Å². The maximum absolute atomic E-state index is 12.9. The molecule has 0 amide bonds. The van der Waals surface area contributed by atoms with Crippen molar-refractivity contribution in [2.24, 2.45) is 5.92 Å². The molecule has 2 heterocycles. The lowest BCUT2D eigenvalue weighted by Gasteiger charge is -2.20. The van der Waals surface area contributed by atoms with E-state index in [1.807, 2.05) is 19.9 Å². The molecule has 120 valence electrons. The summed E-state index contributed by atoms with van der Waals surface area (Å²) in [6, 6.07) is 1.96. The van der Waals surface area contributed by atoms with Crippen LogP contribution in [-0.4, -0.2) is 31.9 Å². The van der Waals surface area contributed by atoms with Gasteiger partial charge >= 0.3 is 0 Å². The van der Waals surface area contributed by atoms with Crippen LogP contribution in [0.3, 0.4) is 0 Å². The number of thiophene rings is 1. The van der Waals surface area contributed by atoms with E-state index in [0.29, 0.717) is 17.4 Å². The van der Waals surface area contributed by atoms with Gasteiger partial charge in [-0.2, -0.15) is 4.31 Å². The number of hydrogen-bond donors (Lipinski definition) is 1. The Morgan fingerprint density at radius 2 is 2.14 bits per heavy atom. The van der Waals surface area contributed by atoms with Crippen molar-refractivity contribution in [3.05, 3.63) is 15.8 Å². The molecule has 1 aliphatic heterocycles. The Hall–Kier alpha value is -0.430. The summed E-state index contributed by atoms with van der Waals surface area (Å²) in [5.41, 5.74) is 0. The smallest absolute Gasteiger partial charge is 0.244 e. The summed E-state index contributed by atoms with van der Waals surface area (Å²) < 4.78 is 27.4. The first-order valence-electron chi connectivity index (χ1n) is 7.68. The Balaban J connectivity index is 2.20. The van der Waals surface area contributed by atoms with E-state index in [2.05, 4.69) is 19.2 Å². The molecule has 1 aromatic rings. The van der Waals surface area contributed by atoms with Crippen LogP contribution in [0.5, 0.6) is 0 Å². The minimum absolute atomic E-state index is 0.103. The molecule has 21 heavy (non-hydrogen) atoms. The molecule has 1 aliphatic rings. The standard InChI is InChI=1S/C15H26N2O2S2/c1-5-6-16-9-14-8-15(13(4)20-14)21(18,19)17-10-11(2)7-12(17)3/h8,11-12,16H,5-7,9-10H2,1-4H3. The molecule has 1 fully saturated rings. The summed E-state index contributed by atoms with van der Waals surface area (Å²) >= 11 is 1.58. The Morgan fingerprint density at radius 1 is 1.43 bits per heavy atom. The average Bonchev–Trinajstić information content (AvgIpc) is 2.93. The predicted octanol–water partition coefficient (Wildman–Crippen LogP) is 2.98. The Morgan fingerprint density at radius 3 is 2.71 bits per heavy atom. The summed E-state index contributed by atoms with van der Waals surface area (Å²) in [4.78, 5) is 2.50. The number of rotatable bonds is 6. The molecule has 4 nitrogen and oxygen atoms in total. The molecule has 1 aromatic heterocycles. The van der Waals surface area contributed by atoms with Crippen LogP contribution in [0.1, 0.15) is 43.4 Å². The highest BCUT2D eigenvalue weighted by Gasteiger charge is 2.37. The fraction of sp³-hybridized carbons (Fsp3) is 0.733. The lowest BCUT2D eigenvalue weighted by atomic mass is 10.1. The van der Waals surface area contributed by atoms with Gasteiger partial charge in [-0.3, -0.25) is 0 Å². The van der Waals surface area contributed by atoms with Crippen molar-refractivity contribution in [2.45, 2.75) is 58.0 Å². The van der Waals surface area contributed by atoms with Crippen molar-refractivity contribution < 1.29 is 8.42 Å². The van der Waals surface area contributed by atoms with Crippen LogP contribution < -0.4 is 5.32 Å². The predicted molar refractivity (Wildman–Crippen MR) is 88.2 cm³/mol. The van der Waals surface area contributed by atoms with Crippen LogP contribution in [0.25, 0.3) is 0 Å². The second-order valence-electron chi connectivity index (χ2n) is 6.07. The lowest BCUT2D eigenvalue weighted by molar-refractivity contribution is 0.405. The van der Waals surface area contributed by atoms with Crippen molar-refractivity contribution in [1.29, 1.82) is 0 Å². The third kappa shape index (κ3) is 3.67. The van der Waals surface area contributed by atoms with E-state index < -0.39 is 10.0 Å². The first-order chi connectivity index (χ1) is 9.86. The molecule has 1 saturated heterocycles. The fourth-order valence-electron chi connectivity index (χ4n) is 2.98. The van der Waals surface area contributed by atoms with Gasteiger partial charge in [0.2, 0.25) is 10.0 Å². The van der Waals surface area contributed by atoms with Crippen molar-refractivity contribution >= 4 is 21.4 Å². The Labute approximate surface area is 132 Å². The number of aryl methyl sites for hydroxylation is 1. The molecule has 2 rings (SSSR count). The quantitative estimate of drug-likeness (QED) is 0.816. The Bertz CT molecular complexity index is 580. The molecule has 1 N–H and O–H groups in total. The summed E-state index contributed by atoms with van der Waals surface area (Å²) in [6.07, 6.45) is 2.03. The minimum atomic E-state index is -3.35. The molecule has 6 heteroatoms. The van der Waals surface area contributed by atoms with Gasteiger partial charge in [-0.05, 0) is 45.2 Å². The molecule has 0 bridgehead atoms. The van der Waals surface area contributed by atoms with Gasteiger partial charge < -0.3 is 5.32 Å². The average molecular weight is 331 g/mol. The van der Waals surface area contributed by atoms with E-state index >= 15 is 0 Å². The van der Waals surface area contributed by atoms with Crippen molar-refractivity contribution in [3.8, 4) is 0 Å². The van der Waals surface area contributed by atoms with Gasteiger partial charge in [-0.1, -0.05) is 13.8 Å². The largest absolute Gasteiger partial charge is 0.312 e. The SMILES string of the molecule is CCCNCc1cc(S(=O)(=O)N2CC(C)CC2C)c(C)s1. The maximum atomic E-state index is 12.9. The number of nitrogens with one attached hydrogen (secondary N) is 1. The highest BCUT2D eigenvalue weighted by molar-refractivity contribution is 7.89. The van der Waals surface area contributed by atoms with E-state index in [-0.39, 0.29) is 6.04 Å².